The maximum absolute atomic E-state index is 13.3. The second-order valence-corrected chi connectivity index (χ2v) is 9.06. The van der Waals surface area contributed by atoms with Gasteiger partial charge in [0.1, 0.15) is 22.8 Å². The van der Waals surface area contributed by atoms with E-state index < -0.39 is 81.1 Å². The van der Waals surface area contributed by atoms with E-state index >= 15 is 0 Å². The summed E-state index contributed by atoms with van der Waals surface area (Å²) in [6.45, 7) is 1.25. The number of Topliss-reactive ketones (excluding diaryl/α,β-unsaturated/α-hetero) is 2. The Morgan fingerprint density at radius 1 is 1.12 bits per heavy atom. The quantitative estimate of drug-likeness (QED) is 0.181. The molecule has 12 heteroatoms. The van der Waals surface area contributed by atoms with Crippen molar-refractivity contribution < 1.29 is 62.1 Å². The van der Waals surface area contributed by atoms with E-state index in [0.29, 0.717) is 0 Å². The summed E-state index contributed by atoms with van der Waals surface area (Å²) in [4.78, 5) is 39.8. The first-order valence-corrected chi connectivity index (χ1v) is 10.1. The van der Waals surface area contributed by atoms with Crippen LogP contribution in [0.15, 0.2) is 40.9 Å². The molecule has 11 nitrogen and oxygen atoms in total. The van der Waals surface area contributed by atoms with Crippen LogP contribution in [0.3, 0.4) is 0 Å². The van der Waals surface area contributed by atoms with E-state index in [-0.39, 0.29) is 28.2 Å². The second-order valence-electron chi connectivity index (χ2n) is 9.06. The van der Waals surface area contributed by atoms with Gasteiger partial charge in [-0.2, -0.15) is 0 Å². The zero-order chi connectivity index (χ0) is 24.8. The summed E-state index contributed by atoms with van der Waals surface area (Å²) >= 11 is 0. The van der Waals surface area contributed by atoms with Crippen molar-refractivity contribution in [2.75, 3.05) is 14.1 Å². The van der Waals surface area contributed by atoms with Gasteiger partial charge in [0.2, 0.25) is 5.78 Å². The fourth-order valence-electron chi connectivity index (χ4n) is 5.60. The smallest absolute Gasteiger partial charge is 0.255 e. The van der Waals surface area contributed by atoms with Gasteiger partial charge >= 0.3 is 0 Å². The van der Waals surface area contributed by atoms with Crippen molar-refractivity contribution in [2.24, 2.45) is 17.6 Å². The van der Waals surface area contributed by atoms with E-state index in [1.807, 2.05) is 0 Å². The van der Waals surface area contributed by atoms with Gasteiger partial charge in [-0.1, -0.05) is 12.1 Å². The molecule has 0 unspecified atom stereocenters. The van der Waals surface area contributed by atoms with Gasteiger partial charge in [0.05, 0.1) is 40.7 Å². The van der Waals surface area contributed by atoms with Crippen molar-refractivity contribution in [3.63, 3.8) is 0 Å². The largest absolute Gasteiger partial charge is 0.510 e. The first-order valence-electron chi connectivity index (χ1n) is 10.1. The molecule has 0 aromatic heterocycles. The van der Waals surface area contributed by atoms with E-state index in [4.69, 9.17) is 5.73 Å². The number of rotatable bonds is 2. The van der Waals surface area contributed by atoms with Gasteiger partial charge in [-0.25, -0.2) is 0 Å². The first-order chi connectivity index (χ1) is 15.2. The summed E-state index contributed by atoms with van der Waals surface area (Å²) in [6.07, 6.45) is -1.87. The number of primary amides is 1. The number of fused-ring (bicyclic) bond motifs is 3. The molecule has 1 amide bonds. The second kappa shape index (κ2) is 7.91. The Kier molecular flexibility index (Phi) is 6.02. The minimum atomic E-state index is -3.02. The monoisotopic (exact) mass is 523 g/mol. The van der Waals surface area contributed by atoms with Crippen LogP contribution in [0.1, 0.15) is 22.8 Å². The molecule has 34 heavy (non-hydrogen) atoms. The number of nitrogens with zero attached hydrogens (tertiary/aromatic N) is 1. The summed E-state index contributed by atoms with van der Waals surface area (Å²) < 4.78 is 0. The van der Waals surface area contributed by atoms with Gasteiger partial charge < -0.3 is 36.4 Å². The molecule has 0 aliphatic heterocycles. The minimum absolute atomic E-state index is 0. The Morgan fingerprint density at radius 3 is 2.24 bits per heavy atom. The predicted octanol–water partition coefficient (Wildman–Crippen LogP) is -1.25. The molecular weight excluding hydrogens is 500 g/mol. The van der Waals surface area contributed by atoms with Crippen LogP contribution in [-0.2, 0) is 32.3 Å². The zero-order valence-corrected chi connectivity index (χ0v) is 19.2. The number of carbonyl (C=O) groups is 3. The molecule has 0 spiro atoms. The fourth-order valence-corrected chi connectivity index (χ4v) is 5.60. The summed E-state index contributed by atoms with van der Waals surface area (Å²) in [5, 5.41) is 66.5. The number of ketones is 2. The number of likely N-dealkylation sites (N-methyl/N-ethyl adjacent to an activating group) is 1. The number of phenolic OH excluding ortho intramolecular Hbond substituents is 1. The van der Waals surface area contributed by atoms with Crippen LogP contribution in [0.2, 0.25) is 0 Å². The van der Waals surface area contributed by atoms with Gasteiger partial charge in [-0.15, -0.1) is 0 Å². The molecule has 0 saturated heterocycles. The third kappa shape index (κ3) is 2.94. The van der Waals surface area contributed by atoms with Crippen LogP contribution < -0.4 is 5.73 Å². The van der Waals surface area contributed by atoms with Crippen LogP contribution in [0.4, 0.5) is 0 Å². The number of benzene rings is 1. The molecule has 4 rings (SSSR count). The standard InChI is InChI=1S/C22H24N2O9.Cu/c1-21(32)7-5-4-6-8(25)9(7)15(26)10-12(21)17(28)13-14(24(2)3)16(27)11(20(23)31)19(30)22(13,33)18(10)29;/h4-6,12-14,17,25,27-29,32-33H,1-3H3,(H2,23,31);/t12-,13-,14+,17+,21-,22+;/m1./s1. The van der Waals surface area contributed by atoms with Gasteiger partial charge in [0.15, 0.2) is 11.4 Å². The molecule has 6 atom stereocenters. The molecule has 1 radical (unpaired) electrons. The van der Waals surface area contributed by atoms with E-state index in [1.54, 1.807) is 0 Å². The molecular formula is C22H24CuN2O9. The summed E-state index contributed by atoms with van der Waals surface area (Å²) in [6, 6.07) is 2.54. The predicted molar refractivity (Wildman–Crippen MR) is 111 cm³/mol. The van der Waals surface area contributed by atoms with E-state index in [1.165, 1.54) is 44.1 Å². The maximum atomic E-state index is 13.3. The van der Waals surface area contributed by atoms with Crippen LogP contribution >= 0.6 is 0 Å². The minimum Gasteiger partial charge on any atom is -0.510 e. The maximum Gasteiger partial charge on any atom is 0.255 e. The molecule has 1 aromatic carbocycles. The Balaban J connectivity index is 0.00000324. The Labute approximate surface area is 204 Å². The number of aliphatic hydroxyl groups excluding tert-OH is 3. The van der Waals surface area contributed by atoms with Gasteiger partial charge in [-0.05, 0) is 32.6 Å². The Morgan fingerprint density at radius 2 is 1.71 bits per heavy atom. The van der Waals surface area contributed by atoms with Crippen LogP contribution in [0.25, 0.3) is 0 Å². The van der Waals surface area contributed by atoms with E-state index in [9.17, 15) is 45.0 Å². The topological polar surface area (TPSA) is 202 Å². The Bertz CT molecular complexity index is 1190. The van der Waals surface area contributed by atoms with Crippen molar-refractivity contribution in [1.29, 1.82) is 0 Å². The molecule has 0 heterocycles. The number of hydrogen-bond acceptors (Lipinski definition) is 10. The normalized spacial score (nSPS) is 34.9. The number of phenols is 1. The molecule has 8 N–H and O–H groups in total. The third-order valence-corrected chi connectivity index (χ3v) is 7.04. The number of carbonyl (C=O) groups excluding carboxylic acids is 3. The third-order valence-electron chi connectivity index (χ3n) is 7.04. The van der Waals surface area contributed by atoms with E-state index in [0.717, 1.165) is 0 Å². The van der Waals surface area contributed by atoms with Crippen molar-refractivity contribution in [3.05, 3.63) is 52.0 Å². The van der Waals surface area contributed by atoms with Crippen LogP contribution in [0.5, 0.6) is 5.75 Å². The zero-order valence-electron chi connectivity index (χ0n) is 18.3. The number of nitrogens with two attached hydrogens (primary N) is 1. The van der Waals surface area contributed by atoms with Gasteiger partial charge in [0.25, 0.3) is 5.91 Å². The van der Waals surface area contributed by atoms with Crippen LogP contribution in [-0.4, -0.2) is 84.9 Å². The number of hydrogen-bond donors (Lipinski definition) is 7. The number of aliphatic hydroxyl groups is 5. The van der Waals surface area contributed by atoms with Crippen molar-refractivity contribution in [1.82, 2.24) is 4.90 Å². The van der Waals surface area contributed by atoms with Gasteiger partial charge in [-0.3, -0.25) is 19.3 Å². The Hall–Kier alpha value is -2.73. The average molecular weight is 524 g/mol. The number of amides is 1. The van der Waals surface area contributed by atoms with Crippen LogP contribution in [0, 0.1) is 11.8 Å². The summed E-state index contributed by atoms with van der Waals surface area (Å²) in [5.74, 6) is -9.66. The van der Waals surface area contributed by atoms with Crippen molar-refractivity contribution in [2.45, 2.75) is 30.3 Å². The SMILES string of the molecule is CN(C)[C@@H]1C(O)=C(C(N)=O)C(=O)[C@@]2(O)C(O)=C3C(=O)c4c(O)cccc4[C@@](C)(O)[C@H]3[C@H](O)[C@@H]12.[Cu]. The molecule has 187 valence electrons. The summed E-state index contributed by atoms with van der Waals surface area (Å²) in [5.41, 5.74) is -1.88. The molecule has 3 aliphatic carbocycles. The summed E-state index contributed by atoms with van der Waals surface area (Å²) in [7, 11) is 2.85. The molecule has 0 bridgehead atoms. The number of aromatic hydroxyl groups is 1. The fraction of sp³-hybridized carbons (Fsp3) is 0.409. The van der Waals surface area contributed by atoms with Gasteiger partial charge in [0, 0.05) is 17.1 Å². The molecule has 0 saturated carbocycles. The first kappa shape index (κ1) is 25.9. The average Bonchev–Trinajstić information content (AvgIpc) is 2.70. The van der Waals surface area contributed by atoms with Crippen molar-refractivity contribution >= 4 is 17.5 Å². The van der Waals surface area contributed by atoms with E-state index in [2.05, 4.69) is 0 Å². The molecule has 0 fully saturated rings. The van der Waals surface area contributed by atoms with Crippen molar-refractivity contribution in [3.8, 4) is 5.75 Å². The molecule has 3 aliphatic rings. The molecule has 1 aromatic rings.